The maximum atomic E-state index is 11.8. The molecule has 0 aromatic heterocycles. The maximum absolute atomic E-state index is 11.8. The second-order valence-corrected chi connectivity index (χ2v) is 6.31. The second-order valence-electron chi connectivity index (χ2n) is 6.31. The van der Waals surface area contributed by atoms with E-state index in [1.165, 1.54) is 7.11 Å². The van der Waals surface area contributed by atoms with Crippen molar-refractivity contribution in [2.45, 2.75) is 26.7 Å². The predicted octanol–water partition coefficient (Wildman–Crippen LogP) is 0.837. The van der Waals surface area contributed by atoms with Crippen LogP contribution in [-0.4, -0.2) is 62.6 Å². The van der Waals surface area contributed by atoms with E-state index in [2.05, 4.69) is 27.4 Å². The first-order chi connectivity index (χ1) is 11.1. The van der Waals surface area contributed by atoms with E-state index in [0.29, 0.717) is 19.6 Å². The molecule has 0 spiro atoms. The number of aliphatic imine (C=N–C) groups is 1. The molecule has 1 saturated heterocycles. The van der Waals surface area contributed by atoms with Crippen LogP contribution < -0.4 is 10.6 Å². The monoisotopic (exact) mass is 452 g/mol. The van der Waals surface area contributed by atoms with Crippen molar-refractivity contribution < 1.29 is 14.3 Å². The smallest absolute Gasteiger partial charge is 0.310 e. The van der Waals surface area contributed by atoms with Crippen LogP contribution in [0.15, 0.2) is 4.99 Å². The van der Waals surface area contributed by atoms with Gasteiger partial charge in [0.2, 0.25) is 5.91 Å². The molecule has 1 amide bonds. The highest BCUT2D eigenvalue weighted by Crippen LogP contribution is 2.28. The number of nitrogens with one attached hydrogen (secondary N) is 2. The SMILES string of the molecule is CCNC(=NCCNC(=O)C1CC1)N1CC(C)C(C(=O)OC)C1.I. The molecule has 0 radical (unpaired) electrons. The Bertz CT molecular complexity index is 468. The molecular weight excluding hydrogens is 423 g/mol. The third-order valence-electron chi connectivity index (χ3n) is 4.37. The summed E-state index contributed by atoms with van der Waals surface area (Å²) < 4.78 is 4.87. The minimum Gasteiger partial charge on any atom is -0.469 e. The number of methoxy groups -OCH3 is 1. The molecule has 7 nitrogen and oxygen atoms in total. The zero-order valence-electron chi connectivity index (χ0n) is 14.7. The Morgan fingerprint density at radius 2 is 1.96 bits per heavy atom. The number of esters is 1. The molecule has 8 heteroatoms. The average Bonchev–Trinajstić information content (AvgIpc) is 3.32. The molecule has 2 unspecified atom stereocenters. The Morgan fingerprint density at radius 3 is 2.54 bits per heavy atom. The van der Waals surface area contributed by atoms with Crippen molar-refractivity contribution >= 4 is 41.8 Å². The van der Waals surface area contributed by atoms with Crippen LogP contribution in [0.5, 0.6) is 0 Å². The lowest BCUT2D eigenvalue weighted by Gasteiger charge is -2.21. The summed E-state index contributed by atoms with van der Waals surface area (Å²) in [7, 11) is 1.43. The first kappa shape index (κ1) is 21.0. The van der Waals surface area contributed by atoms with E-state index < -0.39 is 0 Å². The third kappa shape index (κ3) is 5.78. The second kappa shape index (κ2) is 10.0. The van der Waals surface area contributed by atoms with Gasteiger partial charge in [0, 0.05) is 32.1 Å². The van der Waals surface area contributed by atoms with Crippen LogP contribution in [0.1, 0.15) is 26.7 Å². The first-order valence-corrected chi connectivity index (χ1v) is 8.45. The molecule has 2 aliphatic rings. The van der Waals surface area contributed by atoms with Gasteiger partial charge in [-0.05, 0) is 25.7 Å². The molecule has 1 aliphatic heterocycles. The number of ether oxygens (including phenoxy) is 1. The van der Waals surface area contributed by atoms with E-state index in [1.807, 2.05) is 6.92 Å². The zero-order valence-corrected chi connectivity index (χ0v) is 17.0. The van der Waals surface area contributed by atoms with Gasteiger partial charge in [0.1, 0.15) is 0 Å². The molecule has 1 aliphatic carbocycles. The van der Waals surface area contributed by atoms with E-state index in [1.54, 1.807) is 0 Å². The molecule has 1 heterocycles. The minimum atomic E-state index is -0.160. The Morgan fingerprint density at radius 1 is 1.25 bits per heavy atom. The Balaban J connectivity index is 0.00000288. The summed E-state index contributed by atoms with van der Waals surface area (Å²) in [6, 6.07) is 0. The third-order valence-corrected chi connectivity index (χ3v) is 4.37. The van der Waals surface area contributed by atoms with Gasteiger partial charge < -0.3 is 20.3 Å². The maximum Gasteiger partial charge on any atom is 0.310 e. The number of halogens is 1. The summed E-state index contributed by atoms with van der Waals surface area (Å²) in [6.07, 6.45) is 2.02. The molecule has 2 fully saturated rings. The van der Waals surface area contributed by atoms with Gasteiger partial charge >= 0.3 is 5.97 Å². The predicted molar refractivity (Wildman–Crippen MR) is 103 cm³/mol. The fourth-order valence-corrected chi connectivity index (χ4v) is 2.85. The summed E-state index contributed by atoms with van der Waals surface area (Å²) in [5, 5.41) is 6.17. The Labute approximate surface area is 161 Å². The van der Waals surface area contributed by atoms with Crippen LogP contribution >= 0.6 is 24.0 Å². The minimum absolute atomic E-state index is 0. The van der Waals surface area contributed by atoms with Gasteiger partial charge in [-0.2, -0.15) is 0 Å². The van der Waals surface area contributed by atoms with Crippen molar-refractivity contribution in [1.82, 2.24) is 15.5 Å². The van der Waals surface area contributed by atoms with Crippen molar-refractivity contribution in [3.63, 3.8) is 0 Å². The lowest BCUT2D eigenvalue weighted by atomic mass is 9.99. The number of hydrogen-bond acceptors (Lipinski definition) is 4. The normalized spacial score (nSPS) is 23.5. The van der Waals surface area contributed by atoms with E-state index in [-0.39, 0.29) is 53.6 Å². The number of guanidine groups is 1. The van der Waals surface area contributed by atoms with Crippen LogP contribution in [0.4, 0.5) is 0 Å². The zero-order chi connectivity index (χ0) is 16.8. The van der Waals surface area contributed by atoms with Crippen molar-refractivity contribution in [2.75, 3.05) is 39.8 Å². The van der Waals surface area contributed by atoms with Gasteiger partial charge in [-0.1, -0.05) is 6.92 Å². The van der Waals surface area contributed by atoms with E-state index in [0.717, 1.165) is 31.9 Å². The Kier molecular flexibility index (Phi) is 8.79. The van der Waals surface area contributed by atoms with Crippen molar-refractivity contribution in [3.05, 3.63) is 0 Å². The molecule has 2 rings (SSSR count). The van der Waals surface area contributed by atoms with Crippen LogP contribution in [0, 0.1) is 17.8 Å². The summed E-state index contributed by atoms with van der Waals surface area (Å²) >= 11 is 0. The quantitative estimate of drug-likeness (QED) is 0.205. The first-order valence-electron chi connectivity index (χ1n) is 8.45. The van der Waals surface area contributed by atoms with Gasteiger partial charge in [-0.3, -0.25) is 14.6 Å². The molecule has 24 heavy (non-hydrogen) atoms. The number of amides is 1. The summed E-state index contributed by atoms with van der Waals surface area (Å²) in [6.45, 7) is 7.32. The molecule has 2 N–H and O–H groups in total. The molecule has 138 valence electrons. The van der Waals surface area contributed by atoms with Gasteiger partial charge in [0.05, 0.1) is 19.6 Å². The van der Waals surface area contributed by atoms with Gasteiger partial charge in [-0.25, -0.2) is 0 Å². The highest BCUT2D eigenvalue weighted by molar-refractivity contribution is 14.0. The molecular formula is C16H29IN4O3. The van der Waals surface area contributed by atoms with E-state index >= 15 is 0 Å². The summed E-state index contributed by atoms with van der Waals surface area (Å²) in [4.78, 5) is 30.0. The molecule has 2 atom stereocenters. The molecule has 0 aromatic carbocycles. The van der Waals surface area contributed by atoms with Gasteiger partial charge in [0.15, 0.2) is 5.96 Å². The largest absolute Gasteiger partial charge is 0.469 e. The van der Waals surface area contributed by atoms with Crippen LogP contribution in [-0.2, 0) is 14.3 Å². The average molecular weight is 452 g/mol. The number of likely N-dealkylation sites (tertiary alicyclic amines) is 1. The number of rotatable bonds is 6. The van der Waals surface area contributed by atoms with Crippen molar-refractivity contribution in [3.8, 4) is 0 Å². The number of nitrogens with zero attached hydrogens (tertiary/aromatic N) is 2. The standard InChI is InChI=1S/C16H28N4O3.HI/c1-4-17-16(19-8-7-18-14(21)12-5-6-12)20-9-11(2)13(10-20)15(22)23-3;/h11-13H,4-10H2,1-3H3,(H,17,19)(H,18,21);1H. The highest BCUT2D eigenvalue weighted by Gasteiger charge is 2.36. The summed E-state index contributed by atoms with van der Waals surface area (Å²) in [5.41, 5.74) is 0. The lowest BCUT2D eigenvalue weighted by Crippen LogP contribution is -2.41. The molecule has 0 bridgehead atoms. The molecule has 0 aromatic rings. The molecule has 1 saturated carbocycles. The van der Waals surface area contributed by atoms with Crippen LogP contribution in [0.2, 0.25) is 0 Å². The number of hydrogen-bond donors (Lipinski definition) is 2. The van der Waals surface area contributed by atoms with Gasteiger partial charge in [0.25, 0.3) is 0 Å². The lowest BCUT2D eigenvalue weighted by molar-refractivity contribution is -0.146. The van der Waals surface area contributed by atoms with E-state index in [4.69, 9.17) is 4.74 Å². The fourth-order valence-electron chi connectivity index (χ4n) is 2.85. The van der Waals surface area contributed by atoms with Crippen molar-refractivity contribution in [1.29, 1.82) is 0 Å². The van der Waals surface area contributed by atoms with Crippen molar-refractivity contribution in [2.24, 2.45) is 22.7 Å². The highest BCUT2D eigenvalue weighted by atomic mass is 127. The number of carbonyl (C=O) groups is 2. The summed E-state index contributed by atoms with van der Waals surface area (Å²) in [5.74, 6) is 1.14. The van der Waals surface area contributed by atoms with Crippen LogP contribution in [0.25, 0.3) is 0 Å². The number of carbonyl (C=O) groups excluding carboxylic acids is 2. The fraction of sp³-hybridized carbons (Fsp3) is 0.812. The Hall–Kier alpha value is -1.06. The van der Waals surface area contributed by atoms with Crippen LogP contribution in [0.3, 0.4) is 0 Å². The van der Waals surface area contributed by atoms with Gasteiger partial charge in [-0.15, -0.1) is 24.0 Å². The topological polar surface area (TPSA) is 83.0 Å². The van der Waals surface area contributed by atoms with E-state index in [9.17, 15) is 9.59 Å².